The fourth-order valence-corrected chi connectivity index (χ4v) is 8.74. The van der Waals surface area contributed by atoms with E-state index in [1.54, 1.807) is 0 Å². The Kier molecular flexibility index (Phi) is 3.55. The molecule has 0 aliphatic heterocycles. The third-order valence-electron chi connectivity index (χ3n) is 8.81. The molecule has 3 nitrogen and oxygen atoms in total. The first-order valence-corrected chi connectivity index (χ1v) is 11.8. The highest BCUT2D eigenvalue weighted by molar-refractivity contribution is 7.86. The van der Waals surface area contributed by atoms with Crippen LogP contribution in [0.2, 0.25) is 0 Å². The van der Waals surface area contributed by atoms with E-state index in [1.807, 2.05) is 18.2 Å². The quantitative estimate of drug-likeness (QED) is 0.750. The van der Waals surface area contributed by atoms with Gasteiger partial charge in [0.2, 0.25) is 0 Å². The van der Waals surface area contributed by atoms with E-state index in [0.717, 1.165) is 35.8 Å². The van der Waals surface area contributed by atoms with Crippen molar-refractivity contribution in [2.24, 2.45) is 23.7 Å². The highest BCUT2D eigenvalue weighted by atomic mass is 32.2. The second-order valence-corrected chi connectivity index (χ2v) is 11.5. The van der Waals surface area contributed by atoms with Gasteiger partial charge in [0.25, 0.3) is 10.1 Å². The van der Waals surface area contributed by atoms with E-state index in [0.29, 0.717) is 11.8 Å². The van der Waals surface area contributed by atoms with Gasteiger partial charge in [-0.3, -0.25) is 4.55 Å². The monoisotopic (exact) mass is 374 g/mol. The summed E-state index contributed by atoms with van der Waals surface area (Å²) >= 11 is 0. The van der Waals surface area contributed by atoms with Crippen LogP contribution in [-0.4, -0.2) is 13.0 Å². The maximum atomic E-state index is 12.6. The zero-order chi connectivity index (χ0) is 18.3. The molecule has 0 amide bonds. The van der Waals surface area contributed by atoms with Crippen LogP contribution >= 0.6 is 0 Å². The average molecular weight is 375 g/mol. The lowest BCUT2D eigenvalue weighted by molar-refractivity contribution is 0.273. The molecule has 6 unspecified atom stereocenters. The molecule has 5 rings (SSSR count). The fourth-order valence-electron chi connectivity index (χ4n) is 7.58. The molecule has 0 radical (unpaired) electrons. The molecule has 4 aliphatic rings. The van der Waals surface area contributed by atoms with Crippen LogP contribution in [0.15, 0.2) is 23.1 Å². The third-order valence-corrected chi connectivity index (χ3v) is 9.77. The molecule has 6 atom stereocenters. The molecule has 142 valence electrons. The first-order valence-electron chi connectivity index (χ1n) is 10.3. The lowest BCUT2D eigenvalue weighted by atomic mass is 9.66. The van der Waals surface area contributed by atoms with Gasteiger partial charge in [0.15, 0.2) is 0 Å². The Balaban J connectivity index is 1.70. The zero-order valence-corrected chi connectivity index (χ0v) is 16.7. The van der Waals surface area contributed by atoms with Crippen LogP contribution in [0.5, 0.6) is 0 Å². The molecule has 4 saturated carbocycles. The molecule has 4 fully saturated rings. The van der Waals surface area contributed by atoms with E-state index in [9.17, 15) is 13.0 Å². The topological polar surface area (TPSA) is 54.4 Å². The Labute approximate surface area is 157 Å². The molecule has 1 aromatic carbocycles. The second-order valence-electron chi connectivity index (χ2n) is 10.2. The minimum Gasteiger partial charge on any atom is -0.282 e. The van der Waals surface area contributed by atoms with Crippen LogP contribution in [-0.2, 0) is 20.9 Å². The van der Waals surface area contributed by atoms with Gasteiger partial charge in [0.1, 0.15) is 4.90 Å². The van der Waals surface area contributed by atoms with Crippen molar-refractivity contribution in [2.45, 2.75) is 80.9 Å². The maximum absolute atomic E-state index is 12.6. The van der Waals surface area contributed by atoms with Gasteiger partial charge in [-0.2, -0.15) is 8.42 Å². The van der Waals surface area contributed by atoms with Crippen LogP contribution in [0.25, 0.3) is 0 Å². The summed E-state index contributed by atoms with van der Waals surface area (Å²) in [6, 6.07) is 6.03. The van der Waals surface area contributed by atoms with Gasteiger partial charge in [0.05, 0.1) is 0 Å². The van der Waals surface area contributed by atoms with Crippen molar-refractivity contribution in [3.63, 3.8) is 0 Å². The number of rotatable bonds is 3. The van der Waals surface area contributed by atoms with Crippen molar-refractivity contribution in [3.8, 4) is 0 Å². The van der Waals surface area contributed by atoms with E-state index in [2.05, 4.69) is 13.8 Å². The summed E-state index contributed by atoms with van der Waals surface area (Å²) in [6.45, 7) is 4.49. The van der Waals surface area contributed by atoms with E-state index in [4.69, 9.17) is 0 Å². The van der Waals surface area contributed by atoms with Crippen LogP contribution in [0.1, 0.15) is 76.3 Å². The SMILES string of the molecule is CC1(c2cccc(C3(C)CC4CCC3C4)c2S(=O)(=O)O)CC2CCC1C2. The lowest BCUT2D eigenvalue weighted by Gasteiger charge is -2.40. The Morgan fingerprint density at radius 3 is 1.65 bits per heavy atom. The average Bonchev–Trinajstić information content (AvgIpc) is 3.33. The van der Waals surface area contributed by atoms with Crippen LogP contribution < -0.4 is 0 Å². The summed E-state index contributed by atoms with van der Waals surface area (Å²) in [4.78, 5) is 0.269. The summed E-state index contributed by atoms with van der Waals surface area (Å²) in [5, 5.41) is 0. The smallest absolute Gasteiger partial charge is 0.282 e. The molecule has 0 spiro atoms. The molecule has 26 heavy (non-hydrogen) atoms. The largest absolute Gasteiger partial charge is 0.295 e. The van der Waals surface area contributed by atoms with Gasteiger partial charge < -0.3 is 0 Å². The highest BCUT2D eigenvalue weighted by Gasteiger charge is 2.54. The zero-order valence-electron chi connectivity index (χ0n) is 15.9. The van der Waals surface area contributed by atoms with Gasteiger partial charge >= 0.3 is 0 Å². The van der Waals surface area contributed by atoms with Crippen LogP contribution in [0, 0.1) is 23.7 Å². The molecular weight excluding hydrogens is 344 g/mol. The van der Waals surface area contributed by atoms with Gasteiger partial charge in [-0.25, -0.2) is 0 Å². The van der Waals surface area contributed by atoms with Crippen molar-refractivity contribution >= 4 is 10.1 Å². The van der Waals surface area contributed by atoms with Gasteiger partial charge in [-0.05, 0) is 84.2 Å². The number of hydrogen-bond donors (Lipinski definition) is 1. The lowest BCUT2D eigenvalue weighted by Crippen LogP contribution is -2.35. The second kappa shape index (κ2) is 5.35. The van der Waals surface area contributed by atoms with E-state index in [1.165, 1.54) is 38.5 Å². The Hall–Kier alpha value is -0.870. The van der Waals surface area contributed by atoms with E-state index in [-0.39, 0.29) is 15.7 Å². The summed E-state index contributed by atoms with van der Waals surface area (Å²) in [7, 11) is -4.25. The summed E-state index contributed by atoms with van der Waals surface area (Å²) in [6.07, 6.45) is 9.50. The normalized spacial score (nSPS) is 44.1. The van der Waals surface area contributed by atoms with E-state index >= 15 is 0 Å². The molecular formula is C22H30O3S. The predicted molar refractivity (Wildman–Crippen MR) is 102 cm³/mol. The Morgan fingerprint density at radius 1 is 0.885 bits per heavy atom. The van der Waals surface area contributed by atoms with Gasteiger partial charge in [0, 0.05) is 0 Å². The molecule has 0 heterocycles. The predicted octanol–water partition coefficient (Wildman–Crippen LogP) is 5.09. The molecule has 4 aliphatic carbocycles. The van der Waals surface area contributed by atoms with Crippen LogP contribution in [0.3, 0.4) is 0 Å². The summed E-state index contributed by atoms with van der Waals surface area (Å²) in [5.74, 6) is 2.55. The number of hydrogen-bond acceptors (Lipinski definition) is 2. The fraction of sp³-hybridized carbons (Fsp3) is 0.727. The van der Waals surface area contributed by atoms with Crippen molar-refractivity contribution < 1.29 is 13.0 Å². The standard InChI is InChI=1S/C22H30O3S/c1-21(12-14-6-8-16(21)10-14)18-4-3-5-19(20(18)26(23,24)25)22(2)13-15-7-9-17(22)11-15/h3-5,14-17H,6-13H2,1-2H3,(H,23,24,25). The number of fused-ring (bicyclic) bond motifs is 4. The summed E-state index contributed by atoms with van der Waals surface area (Å²) < 4.78 is 35.6. The maximum Gasteiger partial charge on any atom is 0.295 e. The minimum absolute atomic E-state index is 0.113. The van der Waals surface area contributed by atoms with E-state index < -0.39 is 10.1 Å². The molecule has 4 bridgehead atoms. The minimum atomic E-state index is -4.25. The van der Waals surface area contributed by atoms with Crippen molar-refractivity contribution in [2.75, 3.05) is 0 Å². The highest BCUT2D eigenvalue weighted by Crippen LogP contribution is 2.61. The molecule has 1 aromatic rings. The van der Waals surface area contributed by atoms with Gasteiger partial charge in [-0.15, -0.1) is 0 Å². The third kappa shape index (κ3) is 2.24. The van der Waals surface area contributed by atoms with Crippen LogP contribution in [0.4, 0.5) is 0 Å². The number of benzene rings is 1. The van der Waals surface area contributed by atoms with Crippen molar-refractivity contribution in [1.29, 1.82) is 0 Å². The Bertz CT molecular complexity index is 808. The first-order chi connectivity index (χ1) is 12.2. The molecule has 4 heteroatoms. The van der Waals surface area contributed by atoms with Gasteiger partial charge in [-0.1, -0.05) is 44.9 Å². The van der Waals surface area contributed by atoms with Crippen molar-refractivity contribution in [3.05, 3.63) is 29.3 Å². The Morgan fingerprint density at radius 2 is 1.35 bits per heavy atom. The molecule has 1 N–H and O–H groups in total. The van der Waals surface area contributed by atoms with Crippen molar-refractivity contribution in [1.82, 2.24) is 0 Å². The molecule has 0 saturated heterocycles. The first kappa shape index (κ1) is 17.2. The molecule has 0 aromatic heterocycles. The summed E-state index contributed by atoms with van der Waals surface area (Å²) in [5.41, 5.74) is 1.57.